The number of carbonyl (C=O) groups is 1. The van der Waals surface area contributed by atoms with Crippen LogP contribution in [0.25, 0.3) is 0 Å². The monoisotopic (exact) mass is 290 g/mol. The van der Waals surface area contributed by atoms with Crippen molar-refractivity contribution in [3.8, 4) is 0 Å². The molecule has 1 aliphatic carbocycles. The van der Waals surface area contributed by atoms with Gasteiger partial charge < -0.3 is 15.7 Å². The van der Waals surface area contributed by atoms with Crippen LogP contribution in [-0.4, -0.2) is 29.2 Å². The van der Waals surface area contributed by atoms with Crippen molar-refractivity contribution in [2.75, 3.05) is 11.9 Å². The Morgan fingerprint density at radius 3 is 2.57 bits per heavy atom. The zero-order valence-electron chi connectivity index (χ0n) is 12.9. The van der Waals surface area contributed by atoms with Crippen molar-refractivity contribution < 1.29 is 9.90 Å². The second-order valence-electron chi connectivity index (χ2n) is 6.36. The quantitative estimate of drug-likeness (QED) is 0.781. The average Bonchev–Trinajstić information content (AvgIpc) is 2.49. The Kier molecular flexibility index (Phi) is 5.37. The lowest BCUT2D eigenvalue weighted by molar-refractivity contribution is -0.118. The average molecular weight is 290 g/mol. The largest absolute Gasteiger partial charge is 0.389 e. The molecular weight excluding hydrogens is 264 g/mol. The predicted octanol–water partition coefficient (Wildman–Crippen LogP) is 2.54. The maximum absolute atomic E-state index is 12.1. The minimum absolute atomic E-state index is 0.0750. The van der Waals surface area contributed by atoms with Crippen LogP contribution >= 0.6 is 0 Å². The molecule has 116 valence electrons. The number of nitrogens with one attached hydrogen (secondary N) is 2. The minimum Gasteiger partial charge on any atom is -0.389 e. The van der Waals surface area contributed by atoms with Gasteiger partial charge in [-0.05, 0) is 50.7 Å². The van der Waals surface area contributed by atoms with E-state index in [9.17, 15) is 9.90 Å². The highest BCUT2D eigenvalue weighted by atomic mass is 16.3. The molecule has 1 atom stereocenters. The Hall–Kier alpha value is -1.39. The van der Waals surface area contributed by atoms with Gasteiger partial charge in [0.15, 0.2) is 0 Å². The van der Waals surface area contributed by atoms with Crippen LogP contribution in [0.15, 0.2) is 30.3 Å². The molecule has 1 saturated carbocycles. The highest BCUT2D eigenvalue weighted by Gasteiger charge is 2.32. The van der Waals surface area contributed by atoms with Crippen molar-refractivity contribution in [3.63, 3.8) is 0 Å². The molecule has 1 aromatic carbocycles. The lowest BCUT2D eigenvalue weighted by atomic mass is 9.79. The van der Waals surface area contributed by atoms with Crippen molar-refractivity contribution in [1.82, 2.24) is 5.32 Å². The second-order valence-corrected chi connectivity index (χ2v) is 6.36. The van der Waals surface area contributed by atoms with E-state index in [1.54, 1.807) is 0 Å². The van der Waals surface area contributed by atoms with Crippen LogP contribution < -0.4 is 10.6 Å². The zero-order valence-corrected chi connectivity index (χ0v) is 12.9. The maximum atomic E-state index is 12.1. The van der Waals surface area contributed by atoms with Gasteiger partial charge >= 0.3 is 0 Å². The van der Waals surface area contributed by atoms with Crippen LogP contribution in [0.4, 0.5) is 5.69 Å². The summed E-state index contributed by atoms with van der Waals surface area (Å²) in [7, 11) is 0. The fourth-order valence-electron chi connectivity index (χ4n) is 2.68. The second kappa shape index (κ2) is 7.05. The number of hydrogen-bond acceptors (Lipinski definition) is 3. The van der Waals surface area contributed by atoms with E-state index in [0.29, 0.717) is 12.5 Å². The summed E-state index contributed by atoms with van der Waals surface area (Å²) in [6.07, 6.45) is 3.74. The summed E-state index contributed by atoms with van der Waals surface area (Å²) in [5.41, 5.74) is 0.134. The number of para-hydroxylation sites is 1. The van der Waals surface area contributed by atoms with E-state index in [4.69, 9.17) is 0 Å². The van der Waals surface area contributed by atoms with Crippen molar-refractivity contribution >= 4 is 11.6 Å². The molecule has 2 rings (SSSR count). The van der Waals surface area contributed by atoms with Gasteiger partial charge in [-0.1, -0.05) is 25.1 Å². The fourth-order valence-corrected chi connectivity index (χ4v) is 2.68. The number of anilines is 1. The Labute approximate surface area is 126 Å². The fraction of sp³-hybridized carbons (Fsp3) is 0.588. The highest BCUT2D eigenvalue weighted by molar-refractivity contribution is 5.94. The SMILES string of the molecule is CC1CCC(O)(CNC(C)C(=O)Nc2ccccc2)CC1. The third-order valence-electron chi connectivity index (χ3n) is 4.38. The van der Waals surface area contributed by atoms with E-state index < -0.39 is 5.60 Å². The number of rotatable bonds is 5. The molecule has 1 amide bonds. The molecule has 0 saturated heterocycles. The van der Waals surface area contributed by atoms with Crippen molar-refractivity contribution in [2.24, 2.45) is 5.92 Å². The van der Waals surface area contributed by atoms with Crippen molar-refractivity contribution in [1.29, 1.82) is 0 Å². The first-order chi connectivity index (χ1) is 9.98. The molecule has 0 radical (unpaired) electrons. The third-order valence-corrected chi connectivity index (χ3v) is 4.38. The molecule has 0 heterocycles. The molecule has 0 aliphatic heterocycles. The molecule has 0 spiro atoms. The van der Waals surface area contributed by atoms with Crippen LogP contribution in [0.2, 0.25) is 0 Å². The van der Waals surface area contributed by atoms with Gasteiger partial charge in [0.2, 0.25) is 5.91 Å². The topological polar surface area (TPSA) is 61.4 Å². The van der Waals surface area contributed by atoms with Gasteiger partial charge in [0.1, 0.15) is 0 Å². The van der Waals surface area contributed by atoms with Gasteiger partial charge in [-0.25, -0.2) is 0 Å². The van der Waals surface area contributed by atoms with E-state index >= 15 is 0 Å². The highest BCUT2D eigenvalue weighted by Crippen LogP contribution is 2.31. The Morgan fingerprint density at radius 1 is 1.33 bits per heavy atom. The van der Waals surface area contributed by atoms with E-state index in [1.807, 2.05) is 37.3 Å². The van der Waals surface area contributed by atoms with Crippen molar-refractivity contribution in [2.45, 2.75) is 51.2 Å². The molecule has 4 heteroatoms. The lowest BCUT2D eigenvalue weighted by Crippen LogP contribution is -2.48. The Bertz CT molecular complexity index is 453. The molecule has 4 nitrogen and oxygen atoms in total. The molecule has 0 bridgehead atoms. The molecule has 1 aromatic rings. The number of benzene rings is 1. The van der Waals surface area contributed by atoms with Crippen LogP contribution in [0.5, 0.6) is 0 Å². The summed E-state index contributed by atoms with van der Waals surface area (Å²) < 4.78 is 0. The molecule has 0 aromatic heterocycles. The first-order valence-corrected chi connectivity index (χ1v) is 7.80. The van der Waals surface area contributed by atoms with Crippen LogP contribution in [0.3, 0.4) is 0 Å². The molecule has 1 unspecified atom stereocenters. The van der Waals surface area contributed by atoms with E-state index in [2.05, 4.69) is 17.6 Å². The summed E-state index contributed by atoms with van der Waals surface area (Å²) in [6, 6.07) is 9.09. The number of carbonyl (C=O) groups excluding carboxylic acids is 1. The minimum atomic E-state index is -0.659. The zero-order chi connectivity index (χ0) is 15.3. The summed E-state index contributed by atoms with van der Waals surface area (Å²) >= 11 is 0. The third kappa shape index (κ3) is 4.83. The molecule has 3 N–H and O–H groups in total. The predicted molar refractivity (Wildman–Crippen MR) is 85.1 cm³/mol. The summed E-state index contributed by atoms with van der Waals surface area (Å²) in [5.74, 6) is 0.623. The molecular formula is C17H26N2O2. The summed E-state index contributed by atoms with van der Waals surface area (Å²) in [5, 5.41) is 16.5. The van der Waals surface area contributed by atoms with E-state index in [1.165, 1.54) is 0 Å². The van der Waals surface area contributed by atoms with Gasteiger partial charge in [0, 0.05) is 12.2 Å². The summed E-state index contributed by atoms with van der Waals surface area (Å²) in [6.45, 7) is 4.53. The van der Waals surface area contributed by atoms with Gasteiger partial charge in [-0.3, -0.25) is 4.79 Å². The summed E-state index contributed by atoms with van der Waals surface area (Å²) in [4.78, 5) is 12.1. The Balaban J connectivity index is 1.78. The first kappa shape index (κ1) is 16.0. The van der Waals surface area contributed by atoms with E-state index in [0.717, 1.165) is 31.4 Å². The lowest BCUT2D eigenvalue weighted by Gasteiger charge is -2.35. The molecule has 1 fully saturated rings. The standard InChI is InChI=1S/C17H26N2O2/c1-13-8-10-17(21,11-9-13)12-18-14(2)16(20)19-15-6-4-3-5-7-15/h3-7,13-14,18,21H,8-12H2,1-2H3,(H,19,20). The normalized spacial score (nSPS) is 27.1. The smallest absolute Gasteiger partial charge is 0.241 e. The van der Waals surface area contributed by atoms with Crippen LogP contribution in [0, 0.1) is 5.92 Å². The van der Waals surface area contributed by atoms with E-state index in [-0.39, 0.29) is 11.9 Å². The van der Waals surface area contributed by atoms with Gasteiger partial charge in [0.05, 0.1) is 11.6 Å². The van der Waals surface area contributed by atoms with Crippen LogP contribution in [0.1, 0.15) is 39.5 Å². The molecule has 1 aliphatic rings. The number of hydrogen-bond donors (Lipinski definition) is 3. The first-order valence-electron chi connectivity index (χ1n) is 7.80. The van der Waals surface area contributed by atoms with Gasteiger partial charge in [-0.15, -0.1) is 0 Å². The van der Waals surface area contributed by atoms with Crippen LogP contribution in [-0.2, 0) is 4.79 Å². The Morgan fingerprint density at radius 2 is 1.95 bits per heavy atom. The van der Waals surface area contributed by atoms with Gasteiger partial charge in [0.25, 0.3) is 0 Å². The van der Waals surface area contributed by atoms with Crippen molar-refractivity contribution in [3.05, 3.63) is 30.3 Å². The van der Waals surface area contributed by atoms with Gasteiger partial charge in [-0.2, -0.15) is 0 Å². The number of amides is 1. The maximum Gasteiger partial charge on any atom is 0.241 e. The molecule has 21 heavy (non-hydrogen) atoms. The number of aliphatic hydroxyl groups is 1.